The molecule has 1 aromatic rings. The maximum atomic E-state index is 12.1. The minimum atomic E-state index is -4.77. The molecule has 1 aromatic carbocycles. The third kappa shape index (κ3) is 6.28. The van der Waals surface area contributed by atoms with Crippen LogP contribution in [0.3, 0.4) is 0 Å². The molecule has 1 N–H and O–H groups in total. The number of ether oxygens (including phenoxy) is 1. The van der Waals surface area contributed by atoms with Crippen LogP contribution in [-0.4, -0.2) is 27.1 Å². The summed E-state index contributed by atoms with van der Waals surface area (Å²) < 4.78 is 71.6. The van der Waals surface area contributed by atoms with Crippen LogP contribution in [-0.2, 0) is 10.2 Å². The van der Waals surface area contributed by atoms with Gasteiger partial charge in [-0.2, -0.15) is 8.42 Å². The van der Waals surface area contributed by atoms with Crippen LogP contribution in [0.15, 0.2) is 24.3 Å². The van der Waals surface area contributed by atoms with Gasteiger partial charge >= 0.3 is 16.6 Å². The van der Waals surface area contributed by atoms with Gasteiger partial charge in [0.2, 0.25) is 0 Å². The fraction of sp³-hybridized carbons (Fsp3) is 0.333. The van der Waals surface area contributed by atoms with E-state index in [1.807, 2.05) is 0 Å². The van der Waals surface area contributed by atoms with Crippen molar-refractivity contribution in [3.63, 3.8) is 0 Å². The molecular formula is C9H9F4NO3S. The molecule has 4 nitrogen and oxygen atoms in total. The predicted molar refractivity (Wildman–Crippen MR) is 56.5 cm³/mol. The van der Waals surface area contributed by atoms with Crippen LogP contribution in [0.2, 0.25) is 0 Å². The number of anilines is 1. The highest BCUT2D eigenvalue weighted by atomic mass is 32.3. The summed E-state index contributed by atoms with van der Waals surface area (Å²) in [6, 6.07) is 4.62. The lowest BCUT2D eigenvalue weighted by atomic mass is 10.3. The largest absolute Gasteiger partial charge is 0.573 e. The Kier molecular flexibility index (Phi) is 4.38. The van der Waals surface area contributed by atoms with Crippen molar-refractivity contribution in [1.29, 1.82) is 0 Å². The summed E-state index contributed by atoms with van der Waals surface area (Å²) in [4.78, 5) is 0. The molecule has 0 heterocycles. The molecule has 0 aliphatic rings. The van der Waals surface area contributed by atoms with Crippen molar-refractivity contribution in [2.75, 3.05) is 17.6 Å². The maximum absolute atomic E-state index is 12.1. The average Bonchev–Trinajstić information content (AvgIpc) is 2.16. The van der Waals surface area contributed by atoms with E-state index >= 15 is 0 Å². The molecule has 0 atom stereocenters. The summed E-state index contributed by atoms with van der Waals surface area (Å²) >= 11 is 0. The van der Waals surface area contributed by atoms with Crippen molar-refractivity contribution < 1.29 is 30.2 Å². The Balaban J connectivity index is 2.51. The first-order valence-corrected chi connectivity index (χ1v) is 6.23. The average molecular weight is 287 g/mol. The van der Waals surface area contributed by atoms with Crippen molar-refractivity contribution in [1.82, 2.24) is 0 Å². The summed E-state index contributed by atoms with van der Waals surface area (Å²) in [5, 5.41) is 2.54. The quantitative estimate of drug-likeness (QED) is 0.667. The van der Waals surface area contributed by atoms with Crippen LogP contribution >= 0.6 is 0 Å². The highest BCUT2D eigenvalue weighted by molar-refractivity contribution is 7.86. The molecule has 0 aromatic heterocycles. The Morgan fingerprint density at radius 2 is 1.72 bits per heavy atom. The van der Waals surface area contributed by atoms with E-state index in [1.165, 1.54) is 12.1 Å². The third-order valence-electron chi connectivity index (χ3n) is 1.76. The third-order valence-corrected chi connectivity index (χ3v) is 2.45. The fourth-order valence-electron chi connectivity index (χ4n) is 1.09. The van der Waals surface area contributed by atoms with E-state index in [0.717, 1.165) is 12.1 Å². The van der Waals surface area contributed by atoms with E-state index in [9.17, 15) is 25.5 Å². The van der Waals surface area contributed by atoms with Gasteiger partial charge in [-0.05, 0) is 24.3 Å². The van der Waals surface area contributed by atoms with Crippen molar-refractivity contribution >= 4 is 15.9 Å². The molecular weight excluding hydrogens is 278 g/mol. The van der Waals surface area contributed by atoms with Gasteiger partial charge in [-0.25, -0.2) is 0 Å². The molecule has 102 valence electrons. The molecule has 0 fully saturated rings. The molecule has 0 radical (unpaired) electrons. The van der Waals surface area contributed by atoms with Crippen molar-refractivity contribution in [2.24, 2.45) is 0 Å². The smallest absolute Gasteiger partial charge is 0.406 e. The molecule has 0 spiro atoms. The van der Waals surface area contributed by atoms with Gasteiger partial charge in [-0.1, -0.05) is 0 Å². The van der Waals surface area contributed by atoms with Crippen molar-refractivity contribution in [3.05, 3.63) is 24.3 Å². The second kappa shape index (κ2) is 5.42. The standard InChI is InChI=1S/C9H9F4NO3S/c10-9(11,12)17-8-3-1-7(2-4-8)14-5-6-18(13,15)16/h1-4,14H,5-6H2. The molecule has 18 heavy (non-hydrogen) atoms. The van der Waals surface area contributed by atoms with Gasteiger partial charge < -0.3 is 10.1 Å². The Morgan fingerprint density at radius 3 is 2.17 bits per heavy atom. The number of nitrogens with one attached hydrogen (secondary N) is 1. The monoisotopic (exact) mass is 287 g/mol. The molecule has 0 saturated heterocycles. The zero-order valence-electron chi connectivity index (χ0n) is 8.87. The van der Waals surface area contributed by atoms with Gasteiger partial charge in [-0.15, -0.1) is 17.1 Å². The first-order chi connectivity index (χ1) is 8.16. The highest BCUT2D eigenvalue weighted by Gasteiger charge is 2.30. The molecule has 0 unspecified atom stereocenters. The molecule has 0 aliphatic heterocycles. The summed E-state index contributed by atoms with van der Waals surface area (Å²) in [5.41, 5.74) is 0.355. The van der Waals surface area contributed by atoms with Crippen LogP contribution in [0.4, 0.5) is 22.7 Å². The lowest BCUT2D eigenvalue weighted by molar-refractivity contribution is -0.274. The maximum Gasteiger partial charge on any atom is 0.573 e. The number of halogens is 4. The summed E-state index contributed by atoms with van der Waals surface area (Å²) in [6.07, 6.45) is -4.77. The SMILES string of the molecule is O=S(=O)(F)CCNc1ccc(OC(F)(F)F)cc1. The summed E-state index contributed by atoms with van der Waals surface area (Å²) in [7, 11) is -4.56. The molecule has 0 bridgehead atoms. The zero-order valence-corrected chi connectivity index (χ0v) is 9.68. The second-order valence-electron chi connectivity index (χ2n) is 3.24. The Morgan fingerprint density at radius 1 is 1.17 bits per heavy atom. The van der Waals surface area contributed by atoms with E-state index < -0.39 is 28.1 Å². The van der Waals surface area contributed by atoms with Gasteiger partial charge in [-0.3, -0.25) is 0 Å². The number of hydrogen-bond donors (Lipinski definition) is 1. The van der Waals surface area contributed by atoms with E-state index in [0.29, 0.717) is 5.69 Å². The first-order valence-electron chi connectivity index (χ1n) is 4.68. The van der Waals surface area contributed by atoms with Gasteiger partial charge in [0.15, 0.2) is 0 Å². The van der Waals surface area contributed by atoms with Gasteiger partial charge in [0.05, 0.1) is 5.75 Å². The highest BCUT2D eigenvalue weighted by Crippen LogP contribution is 2.23. The summed E-state index contributed by atoms with van der Waals surface area (Å²) in [5.74, 6) is -1.11. The van der Waals surface area contributed by atoms with E-state index in [2.05, 4.69) is 10.1 Å². The Hall–Kier alpha value is -1.51. The molecule has 9 heteroatoms. The van der Waals surface area contributed by atoms with Crippen molar-refractivity contribution in [2.45, 2.75) is 6.36 Å². The molecule has 0 saturated carbocycles. The molecule has 0 amide bonds. The fourth-order valence-corrected chi connectivity index (χ4v) is 1.44. The second-order valence-corrected chi connectivity index (χ2v) is 4.73. The summed E-state index contributed by atoms with van der Waals surface area (Å²) in [6.45, 7) is -0.182. The van der Waals surface area contributed by atoms with Gasteiger partial charge in [0, 0.05) is 12.2 Å². The van der Waals surface area contributed by atoms with Crippen LogP contribution < -0.4 is 10.1 Å². The number of alkyl halides is 3. The van der Waals surface area contributed by atoms with Gasteiger partial charge in [0.1, 0.15) is 5.75 Å². The van der Waals surface area contributed by atoms with Crippen molar-refractivity contribution in [3.8, 4) is 5.75 Å². The lowest BCUT2D eigenvalue weighted by Crippen LogP contribution is -2.17. The van der Waals surface area contributed by atoms with Gasteiger partial charge in [0.25, 0.3) is 0 Å². The molecule has 0 aliphatic carbocycles. The normalized spacial score (nSPS) is 12.2. The van der Waals surface area contributed by atoms with Crippen LogP contribution in [0, 0.1) is 0 Å². The first kappa shape index (κ1) is 14.6. The minimum absolute atomic E-state index is 0.182. The number of rotatable bonds is 5. The predicted octanol–water partition coefficient (Wildman–Crippen LogP) is 2.30. The lowest BCUT2D eigenvalue weighted by Gasteiger charge is -2.09. The number of benzene rings is 1. The van der Waals surface area contributed by atoms with E-state index in [4.69, 9.17) is 0 Å². The van der Waals surface area contributed by atoms with Crippen LogP contribution in [0.1, 0.15) is 0 Å². The zero-order chi connectivity index (χ0) is 13.8. The van der Waals surface area contributed by atoms with Crippen LogP contribution in [0.25, 0.3) is 0 Å². The Bertz CT molecular complexity index is 484. The van der Waals surface area contributed by atoms with E-state index in [-0.39, 0.29) is 6.54 Å². The molecule has 1 rings (SSSR count). The minimum Gasteiger partial charge on any atom is -0.406 e. The van der Waals surface area contributed by atoms with E-state index in [1.54, 1.807) is 0 Å². The Labute approximate surface area is 101 Å². The topological polar surface area (TPSA) is 55.4 Å². The number of hydrogen-bond acceptors (Lipinski definition) is 4. The van der Waals surface area contributed by atoms with Crippen LogP contribution in [0.5, 0.6) is 5.75 Å².